The second-order valence-electron chi connectivity index (χ2n) is 6.75. The molecule has 1 amide bonds. The molecule has 2 aromatic rings. The average molecular weight is 435 g/mol. The van der Waals surface area contributed by atoms with Crippen LogP contribution in [0.1, 0.15) is 38.1 Å². The van der Waals surface area contributed by atoms with Gasteiger partial charge in [-0.05, 0) is 26.7 Å². The molecular weight excluding hydrogens is 410 g/mol. The van der Waals surface area contributed by atoms with Gasteiger partial charge in [0.2, 0.25) is 5.91 Å². The number of nitro groups is 2. The van der Waals surface area contributed by atoms with Crippen molar-refractivity contribution in [3.63, 3.8) is 0 Å². The fourth-order valence-electron chi connectivity index (χ4n) is 2.88. The molecule has 1 N–H and O–H groups in total. The molecule has 0 radical (unpaired) electrons. The lowest BCUT2D eigenvalue weighted by molar-refractivity contribution is -0.386. The van der Waals surface area contributed by atoms with Crippen molar-refractivity contribution >= 4 is 23.0 Å². The van der Waals surface area contributed by atoms with Gasteiger partial charge in [0, 0.05) is 6.07 Å². The van der Waals surface area contributed by atoms with E-state index in [-0.39, 0.29) is 46.5 Å². The average Bonchev–Trinajstić information content (AvgIpc) is 2.97. The normalized spacial score (nSPS) is 10.6. The number of aryl methyl sites for hydroxylation is 1. The number of carbonyl (C=O) groups excluding carboxylic acids is 1. The predicted octanol–water partition coefficient (Wildman–Crippen LogP) is 3.53. The van der Waals surface area contributed by atoms with E-state index >= 15 is 0 Å². The molecule has 2 rings (SSSR count). The molecule has 0 aliphatic rings. The zero-order valence-electron chi connectivity index (χ0n) is 17.8. The van der Waals surface area contributed by atoms with Gasteiger partial charge in [-0.1, -0.05) is 13.8 Å². The molecule has 168 valence electrons. The van der Waals surface area contributed by atoms with Gasteiger partial charge in [0.1, 0.15) is 23.6 Å². The minimum absolute atomic E-state index is 0.0685. The molecule has 12 heteroatoms. The Hall–Kier alpha value is -3.70. The van der Waals surface area contributed by atoms with Crippen LogP contribution in [0.5, 0.6) is 11.5 Å². The maximum absolute atomic E-state index is 12.5. The van der Waals surface area contributed by atoms with Crippen molar-refractivity contribution in [2.75, 3.05) is 18.5 Å². The molecule has 0 spiro atoms. The Bertz CT molecular complexity index is 987. The van der Waals surface area contributed by atoms with Crippen molar-refractivity contribution in [1.29, 1.82) is 0 Å². The number of hydrogen-bond donors (Lipinski definition) is 1. The quantitative estimate of drug-likeness (QED) is 0.415. The van der Waals surface area contributed by atoms with Crippen molar-refractivity contribution < 1.29 is 24.1 Å². The first-order valence-corrected chi connectivity index (χ1v) is 9.75. The molecule has 1 aromatic carbocycles. The highest BCUT2D eigenvalue weighted by Gasteiger charge is 2.25. The lowest BCUT2D eigenvalue weighted by Gasteiger charge is -2.14. The second-order valence-corrected chi connectivity index (χ2v) is 6.75. The summed E-state index contributed by atoms with van der Waals surface area (Å²) in [5, 5.41) is 29.2. The van der Waals surface area contributed by atoms with Crippen LogP contribution in [0.15, 0.2) is 12.1 Å². The number of anilines is 1. The zero-order chi connectivity index (χ0) is 23.1. The van der Waals surface area contributed by atoms with Gasteiger partial charge in [-0.2, -0.15) is 5.10 Å². The number of amides is 1. The highest BCUT2D eigenvalue weighted by molar-refractivity contribution is 5.93. The van der Waals surface area contributed by atoms with Crippen LogP contribution in [-0.4, -0.2) is 38.7 Å². The van der Waals surface area contributed by atoms with Crippen LogP contribution in [0.4, 0.5) is 17.1 Å². The monoisotopic (exact) mass is 435 g/mol. The number of ether oxygens (including phenoxy) is 2. The Kier molecular flexibility index (Phi) is 7.88. The summed E-state index contributed by atoms with van der Waals surface area (Å²) in [5.74, 6) is -0.139. The molecule has 0 saturated heterocycles. The van der Waals surface area contributed by atoms with Gasteiger partial charge in [-0.3, -0.25) is 29.7 Å². The van der Waals surface area contributed by atoms with Gasteiger partial charge in [0.15, 0.2) is 11.5 Å². The minimum Gasteiger partial charge on any atom is -0.490 e. The van der Waals surface area contributed by atoms with Crippen LogP contribution in [0.3, 0.4) is 0 Å². The van der Waals surface area contributed by atoms with E-state index in [0.29, 0.717) is 26.1 Å². The maximum Gasteiger partial charge on any atom is 0.312 e. The minimum atomic E-state index is -0.633. The fraction of sp³-hybridized carbons (Fsp3) is 0.474. The molecule has 0 aliphatic heterocycles. The van der Waals surface area contributed by atoms with Gasteiger partial charge in [0.05, 0.1) is 29.1 Å². The third-order valence-corrected chi connectivity index (χ3v) is 4.28. The highest BCUT2D eigenvalue weighted by Crippen LogP contribution is 2.38. The van der Waals surface area contributed by atoms with Crippen LogP contribution < -0.4 is 14.8 Å². The Morgan fingerprint density at radius 1 is 1.06 bits per heavy atom. The predicted molar refractivity (Wildman–Crippen MR) is 112 cm³/mol. The molecule has 0 fully saturated rings. The summed E-state index contributed by atoms with van der Waals surface area (Å²) < 4.78 is 12.4. The largest absolute Gasteiger partial charge is 0.490 e. The molecule has 12 nitrogen and oxygen atoms in total. The summed E-state index contributed by atoms with van der Waals surface area (Å²) in [7, 11) is 0. The standard InChI is InChI=1S/C19H25N5O7/c1-5-7-30-16-9-14(15(23(26)27)10-17(16)31-8-6-2)20-18(25)11-22-13(4)19(24(28)29)12(3)21-22/h9-10H,5-8,11H2,1-4H3,(H,20,25). The van der Waals surface area contributed by atoms with Crippen molar-refractivity contribution in [1.82, 2.24) is 9.78 Å². The summed E-state index contributed by atoms with van der Waals surface area (Å²) in [6, 6.07) is 2.56. The highest BCUT2D eigenvalue weighted by atomic mass is 16.6. The van der Waals surface area contributed by atoms with Crippen molar-refractivity contribution in [2.45, 2.75) is 47.1 Å². The van der Waals surface area contributed by atoms with E-state index in [1.54, 1.807) is 0 Å². The van der Waals surface area contributed by atoms with Crippen LogP contribution >= 0.6 is 0 Å². The van der Waals surface area contributed by atoms with Gasteiger partial charge in [-0.25, -0.2) is 0 Å². The number of nitrogens with zero attached hydrogens (tertiary/aromatic N) is 4. The van der Waals surface area contributed by atoms with Crippen LogP contribution in [0.2, 0.25) is 0 Å². The molecule has 0 unspecified atom stereocenters. The third kappa shape index (κ3) is 5.68. The number of nitrogens with one attached hydrogen (secondary N) is 1. The molecule has 31 heavy (non-hydrogen) atoms. The van der Waals surface area contributed by atoms with Gasteiger partial charge in [-0.15, -0.1) is 0 Å². The van der Waals surface area contributed by atoms with E-state index in [9.17, 15) is 25.0 Å². The zero-order valence-corrected chi connectivity index (χ0v) is 17.8. The number of rotatable bonds is 11. The van der Waals surface area contributed by atoms with E-state index < -0.39 is 15.8 Å². The topological polar surface area (TPSA) is 152 Å². The first-order chi connectivity index (χ1) is 14.7. The van der Waals surface area contributed by atoms with Crippen molar-refractivity contribution in [3.8, 4) is 11.5 Å². The number of benzene rings is 1. The summed E-state index contributed by atoms with van der Waals surface area (Å²) in [6.45, 7) is 7.12. The molecule has 1 aromatic heterocycles. The van der Waals surface area contributed by atoms with E-state index in [1.807, 2.05) is 13.8 Å². The number of nitro benzene ring substituents is 1. The maximum atomic E-state index is 12.5. The van der Waals surface area contributed by atoms with E-state index in [1.165, 1.54) is 30.7 Å². The molecule has 0 atom stereocenters. The molecular formula is C19H25N5O7. The second kappa shape index (κ2) is 10.4. The number of aromatic nitrogens is 2. The fourth-order valence-corrected chi connectivity index (χ4v) is 2.88. The number of carbonyl (C=O) groups is 1. The lowest BCUT2D eigenvalue weighted by Crippen LogP contribution is -2.21. The van der Waals surface area contributed by atoms with E-state index in [0.717, 1.165) is 0 Å². The molecule has 0 saturated carbocycles. The Balaban J connectivity index is 2.33. The van der Waals surface area contributed by atoms with E-state index in [4.69, 9.17) is 9.47 Å². The first-order valence-electron chi connectivity index (χ1n) is 9.75. The van der Waals surface area contributed by atoms with Crippen LogP contribution in [0.25, 0.3) is 0 Å². The third-order valence-electron chi connectivity index (χ3n) is 4.28. The SMILES string of the molecule is CCCOc1cc(NC(=O)Cn2nc(C)c([N+](=O)[O-])c2C)c([N+](=O)[O-])cc1OCCC. The summed E-state index contributed by atoms with van der Waals surface area (Å²) in [4.78, 5) is 34.0. The smallest absolute Gasteiger partial charge is 0.312 e. The van der Waals surface area contributed by atoms with E-state index in [2.05, 4.69) is 10.4 Å². The van der Waals surface area contributed by atoms with Gasteiger partial charge >= 0.3 is 5.69 Å². The Morgan fingerprint density at radius 3 is 2.13 bits per heavy atom. The first kappa shape index (κ1) is 23.6. The van der Waals surface area contributed by atoms with Crippen LogP contribution in [0, 0.1) is 34.1 Å². The summed E-state index contributed by atoms with van der Waals surface area (Å²) in [6.07, 6.45) is 1.41. The lowest BCUT2D eigenvalue weighted by atomic mass is 10.2. The number of hydrogen-bond acceptors (Lipinski definition) is 8. The van der Waals surface area contributed by atoms with Crippen LogP contribution in [-0.2, 0) is 11.3 Å². The molecule has 0 bridgehead atoms. The summed E-state index contributed by atoms with van der Waals surface area (Å²) >= 11 is 0. The summed E-state index contributed by atoms with van der Waals surface area (Å²) in [5.41, 5.74) is -0.216. The van der Waals surface area contributed by atoms with Crippen molar-refractivity contribution in [3.05, 3.63) is 43.7 Å². The Labute approximate surface area is 178 Å². The van der Waals surface area contributed by atoms with Crippen molar-refractivity contribution in [2.24, 2.45) is 0 Å². The molecule has 0 aliphatic carbocycles. The molecule has 1 heterocycles. The van der Waals surface area contributed by atoms with Gasteiger partial charge in [0.25, 0.3) is 5.69 Å². The van der Waals surface area contributed by atoms with Gasteiger partial charge < -0.3 is 14.8 Å². The Morgan fingerprint density at radius 2 is 1.65 bits per heavy atom.